The molecule has 0 aliphatic carbocycles. The number of hydrogen-bond acceptors (Lipinski definition) is 4. The maximum Gasteiger partial charge on any atom is 0.340 e. The monoisotopic (exact) mass is 221 g/mol. The van der Waals surface area contributed by atoms with Gasteiger partial charge in [-0.25, -0.2) is 18.6 Å². The van der Waals surface area contributed by atoms with E-state index in [2.05, 4.69) is 9.72 Å². The van der Waals surface area contributed by atoms with Crippen molar-refractivity contribution in [2.75, 3.05) is 7.11 Å². The zero-order chi connectivity index (χ0) is 11.6. The molecule has 1 aromatic rings. The Morgan fingerprint density at radius 1 is 1.60 bits per heavy atom. The molecule has 82 valence electrons. The number of alkyl halides is 2. The first kappa shape index (κ1) is 11.3. The SMILES string of the molecule is COC(=O)c1cnc(F)c(O)c1C(F)F. The quantitative estimate of drug-likeness (QED) is 0.609. The fourth-order valence-corrected chi connectivity index (χ4v) is 0.984. The van der Waals surface area contributed by atoms with Gasteiger partial charge in [-0.05, 0) is 0 Å². The van der Waals surface area contributed by atoms with Crippen LogP contribution in [-0.2, 0) is 4.74 Å². The summed E-state index contributed by atoms with van der Waals surface area (Å²) in [6.07, 6.45) is -2.61. The number of hydrogen-bond donors (Lipinski definition) is 1. The van der Waals surface area contributed by atoms with Gasteiger partial charge in [0.2, 0.25) is 0 Å². The minimum Gasteiger partial charge on any atom is -0.503 e. The minimum absolute atomic E-state index is 0.586. The first-order valence-electron chi connectivity index (χ1n) is 3.72. The molecule has 0 radical (unpaired) electrons. The van der Waals surface area contributed by atoms with Gasteiger partial charge in [-0.1, -0.05) is 0 Å². The van der Waals surface area contributed by atoms with E-state index < -0.39 is 35.2 Å². The lowest BCUT2D eigenvalue weighted by Gasteiger charge is -2.08. The molecule has 15 heavy (non-hydrogen) atoms. The molecule has 1 rings (SSSR count). The first-order valence-corrected chi connectivity index (χ1v) is 3.72. The van der Waals surface area contributed by atoms with Crippen LogP contribution in [0, 0.1) is 5.95 Å². The van der Waals surface area contributed by atoms with Crippen molar-refractivity contribution in [2.24, 2.45) is 0 Å². The molecular weight excluding hydrogens is 215 g/mol. The summed E-state index contributed by atoms with van der Waals surface area (Å²) in [5.74, 6) is -3.92. The fraction of sp³-hybridized carbons (Fsp3) is 0.250. The van der Waals surface area contributed by atoms with Gasteiger partial charge in [0.25, 0.3) is 12.4 Å². The molecule has 0 amide bonds. The van der Waals surface area contributed by atoms with Crippen molar-refractivity contribution in [2.45, 2.75) is 6.43 Å². The Hall–Kier alpha value is -1.79. The molecule has 0 aromatic carbocycles. The highest BCUT2D eigenvalue weighted by molar-refractivity contribution is 5.91. The summed E-state index contributed by atoms with van der Waals surface area (Å²) in [7, 11) is 0.970. The largest absolute Gasteiger partial charge is 0.503 e. The maximum absolute atomic E-state index is 12.6. The molecule has 0 aliphatic heterocycles. The van der Waals surface area contributed by atoms with Crippen LogP contribution in [0.25, 0.3) is 0 Å². The third-order valence-electron chi connectivity index (χ3n) is 1.67. The minimum atomic E-state index is -3.20. The summed E-state index contributed by atoms with van der Waals surface area (Å²) in [6, 6.07) is 0. The Morgan fingerprint density at radius 3 is 2.67 bits per heavy atom. The van der Waals surface area contributed by atoms with Crippen molar-refractivity contribution < 1.29 is 27.8 Å². The Morgan fingerprint density at radius 2 is 2.20 bits per heavy atom. The van der Waals surface area contributed by atoms with Gasteiger partial charge in [0.1, 0.15) is 0 Å². The molecule has 1 aromatic heterocycles. The molecule has 1 heterocycles. The fourth-order valence-electron chi connectivity index (χ4n) is 0.984. The Labute approximate surface area is 82.3 Å². The number of nitrogens with zero attached hydrogens (tertiary/aromatic N) is 1. The number of esters is 1. The second-order valence-electron chi connectivity index (χ2n) is 2.52. The van der Waals surface area contributed by atoms with Crippen LogP contribution in [0.2, 0.25) is 0 Å². The molecule has 0 aliphatic rings. The lowest BCUT2D eigenvalue weighted by atomic mass is 10.1. The van der Waals surface area contributed by atoms with E-state index in [1.165, 1.54) is 0 Å². The molecule has 1 N–H and O–H groups in total. The van der Waals surface area contributed by atoms with E-state index in [1.807, 2.05) is 0 Å². The van der Waals surface area contributed by atoms with Gasteiger partial charge in [0, 0.05) is 6.20 Å². The molecule has 0 unspecified atom stereocenters. The number of aromatic nitrogens is 1. The smallest absolute Gasteiger partial charge is 0.340 e. The Kier molecular flexibility index (Phi) is 3.13. The van der Waals surface area contributed by atoms with Crippen molar-refractivity contribution in [3.8, 4) is 5.75 Å². The number of halogens is 3. The van der Waals surface area contributed by atoms with Crippen LogP contribution >= 0.6 is 0 Å². The molecule has 0 spiro atoms. The number of carbonyl (C=O) groups is 1. The lowest BCUT2D eigenvalue weighted by Crippen LogP contribution is -2.08. The van der Waals surface area contributed by atoms with Crippen LogP contribution in [0.3, 0.4) is 0 Å². The second kappa shape index (κ2) is 4.16. The zero-order valence-corrected chi connectivity index (χ0v) is 7.50. The van der Waals surface area contributed by atoms with Crippen molar-refractivity contribution >= 4 is 5.97 Å². The van der Waals surface area contributed by atoms with Crippen LogP contribution in [0.4, 0.5) is 13.2 Å². The number of ether oxygens (including phenoxy) is 1. The predicted octanol–water partition coefficient (Wildman–Crippen LogP) is 1.65. The van der Waals surface area contributed by atoms with Crippen molar-refractivity contribution in [1.29, 1.82) is 0 Å². The topological polar surface area (TPSA) is 59.4 Å². The van der Waals surface area contributed by atoms with Crippen molar-refractivity contribution in [3.63, 3.8) is 0 Å². The molecule has 0 atom stereocenters. The third kappa shape index (κ3) is 2.00. The van der Waals surface area contributed by atoms with E-state index in [0.29, 0.717) is 6.20 Å². The lowest BCUT2D eigenvalue weighted by molar-refractivity contribution is 0.0586. The van der Waals surface area contributed by atoms with E-state index >= 15 is 0 Å². The molecule has 0 fully saturated rings. The highest BCUT2D eigenvalue weighted by Crippen LogP contribution is 2.32. The summed E-state index contributed by atoms with van der Waals surface area (Å²) in [5.41, 5.74) is -1.78. The van der Waals surface area contributed by atoms with E-state index in [4.69, 9.17) is 5.11 Å². The summed E-state index contributed by atoms with van der Waals surface area (Å²) >= 11 is 0. The first-order chi connectivity index (χ1) is 6.99. The molecule has 7 heteroatoms. The normalized spacial score (nSPS) is 10.5. The highest BCUT2D eigenvalue weighted by Gasteiger charge is 2.26. The Balaban J connectivity index is 3.40. The van der Waals surface area contributed by atoms with Crippen LogP contribution in [0.5, 0.6) is 5.75 Å². The van der Waals surface area contributed by atoms with Crippen LogP contribution in [-0.4, -0.2) is 23.2 Å². The summed E-state index contributed by atoms with van der Waals surface area (Å²) in [6.45, 7) is 0. The van der Waals surface area contributed by atoms with E-state index in [-0.39, 0.29) is 0 Å². The average Bonchev–Trinajstić information content (AvgIpc) is 2.20. The summed E-state index contributed by atoms with van der Waals surface area (Å²) in [4.78, 5) is 13.9. The highest BCUT2D eigenvalue weighted by atomic mass is 19.3. The standard InChI is InChI=1S/C8H6F3NO3/c1-15-8(14)3-2-12-7(11)5(13)4(3)6(9)10/h2,6,13H,1H3. The number of methoxy groups -OCH3 is 1. The van der Waals surface area contributed by atoms with Crippen LogP contribution in [0.1, 0.15) is 22.3 Å². The molecular formula is C8H6F3NO3. The van der Waals surface area contributed by atoms with Crippen molar-refractivity contribution in [3.05, 3.63) is 23.3 Å². The van der Waals surface area contributed by atoms with Gasteiger partial charge in [-0.15, -0.1) is 0 Å². The predicted molar refractivity (Wildman–Crippen MR) is 42.2 cm³/mol. The molecule has 0 saturated carbocycles. The third-order valence-corrected chi connectivity index (χ3v) is 1.67. The van der Waals surface area contributed by atoms with Gasteiger partial charge in [0.15, 0.2) is 5.75 Å². The van der Waals surface area contributed by atoms with Gasteiger partial charge in [-0.2, -0.15) is 4.39 Å². The molecule has 0 saturated heterocycles. The van der Waals surface area contributed by atoms with Crippen LogP contribution < -0.4 is 0 Å². The number of aromatic hydroxyl groups is 1. The van der Waals surface area contributed by atoms with E-state index in [1.54, 1.807) is 0 Å². The van der Waals surface area contributed by atoms with Gasteiger partial charge >= 0.3 is 5.97 Å². The van der Waals surface area contributed by atoms with Gasteiger partial charge < -0.3 is 9.84 Å². The van der Waals surface area contributed by atoms with Gasteiger partial charge in [-0.3, -0.25) is 0 Å². The zero-order valence-electron chi connectivity index (χ0n) is 7.50. The summed E-state index contributed by atoms with van der Waals surface area (Å²) in [5, 5.41) is 8.97. The second-order valence-corrected chi connectivity index (χ2v) is 2.52. The number of carbonyl (C=O) groups excluding carboxylic acids is 1. The molecule has 0 bridgehead atoms. The summed E-state index contributed by atoms with van der Waals surface area (Å²) < 4.78 is 41.6. The van der Waals surface area contributed by atoms with Crippen molar-refractivity contribution in [1.82, 2.24) is 4.98 Å². The van der Waals surface area contributed by atoms with E-state index in [9.17, 15) is 18.0 Å². The van der Waals surface area contributed by atoms with E-state index in [0.717, 1.165) is 7.11 Å². The number of pyridine rings is 1. The Bertz CT molecular complexity index is 395. The average molecular weight is 221 g/mol. The molecule has 4 nitrogen and oxygen atoms in total. The van der Waals surface area contributed by atoms with Crippen LogP contribution in [0.15, 0.2) is 6.20 Å². The number of rotatable bonds is 2. The van der Waals surface area contributed by atoms with Gasteiger partial charge in [0.05, 0.1) is 18.2 Å². The maximum atomic E-state index is 12.6.